The largest absolute Gasteiger partial charge is 0.344 e. The first kappa shape index (κ1) is 12.8. The molecule has 0 bridgehead atoms. The third-order valence-electron chi connectivity index (χ3n) is 4.01. The Hall–Kier alpha value is -0.610. The van der Waals surface area contributed by atoms with Crippen molar-refractivity contribution in [1.82, 2.24) is 15.1 Å². The number of carbonyl (C=O) groups excluding carboxylic acids is 1. The standard InChI is InChI=1S/C13H25N3O/c1-15(10-11-16-8-2-3-9-16)13(17)12-4-6-14-7-5-12/h12,14H,2-11H2,1H3. The maximum Gasteiger partial charge on any atom is 0.225 e. The molecular weight excluding hydrogens is 214 g/mol. The van der Waals surface area contributed by atoms with E-state index < -0.39 is 0 Å². The molecule has 17 heavy (non-hydrogen) atoms. The first-order valence-corrected chi connectivity index (χ1v) is 6.95. The van der Waals surface area contributed by atoms with Crippen molar-refractivity contribution in [2.75, 3.05) is 46.3 Å². The summed E-state index contributed by atoms with van der Waals surface area (Å²) in [5.74, 6) is 0.616. The Bertz CT molecular complexity index is 245. The number of piperidine rings is 1. The molecule has 2 rings (SSSR count). The first-order valence-electron chi connectivity index (χ1n) is 6.95. The van der Waals surface area contributed by atoms with E-state index in [-0.39, 0.29) is 5.92 Å². The van der Waals surface area contributed by atoms with E-state index in [4.69, 9.17) is 0 Å². The number of hydrogen-bond donors (Lipinski definition) is 1. The summed E-state index contributed by atoms with van der Waals surface area (Å²) in [4.78, 5) is 16.6. The van der Waals surface area contributed by atoms with Crippen LogP contribution in [0.5, 0.6) is 0 Å². The molecule has 4 nitrogen and oxygen atoms in total. The number of hydrogen-bond acceptors (Lipinski definition) is 3. The summed E-state index contributed by atoms with van der Waals surface area (Å²) >= 11 is 0. The zero-order valence-electron chi connectivity index (χ0n) is 11.0. The number of rotatable bonds is 4. The highest BCUT2D eigenvalue weighted by molar-refractivity contribution is 5.78. The second-order valence-electron chi connectivity index (χ2n) is 5.33. The molecule has 0 saturated carbocycles. The fourth-order valence-corrected chi connectivity index (χ4v) is 2.79. The van der Waals surface area contributed by atoms with Gasteiger partial charge in [-0.1, -0.05) is 0 Å². The van der Waals surface area contributed by atoms with Gasteiger partial charge in [-0.15, -0.1) is 0 Å². The Morgan fingerprint density at radius 3 is 2.59 bits per heavy atom. The second kappa shape index (κ2) is 6.36. The Balaban J connectivity index is 1.70. The van der Waals surface area contributed by atoms with Gasteiger partial charge in [-0.25, -0.2) is 0 Å². The first-order chi connectivity index (χ1) is 8.27. The highest BCUT2D eigenvalue weighted by Crippen LogP contribution is 2.14. The molecule has 98 valence electrons. The molecule has 0 radical (unpaired) electrons. The molecular formula is C13H25N3O. The minimum atomic E-state index is 0.264. The second-order valence-corrected chi connectivity index (χ2v) is 5.33. The lowest BCUT2D eigenvalue weighted by atomic mass is 9.97. The molecule has 0 unspecified atom stereocenters. The fraction of sp³-hybridized carbons (Fsp3) is 0.923. The van der Waals surface area contributed by atoms with Crippen LogP contribution in [0, 0.1) is 5.92 Å². The van der Waals surface area contributed by atoms with Crippen LogP contribution in [-0.4, -0.2) is 62.0 Å². The molecule has 1 amide bonds. The van der Waals surface area contributed by atoms with Crippen molar-refractivity contribution in [3.8, 4) is 0 Å². The molecule has 4 heteroatoms. The number of nitrogens with one attached hydrogen (secondary N) is 1. The van der Waals surface area contributed by atoms with Crippen LogP contribution in [0.25, 0.3) is 0 Å². The van der Waals surface area contributed by atoms with Crippen molar-refractivity contribution in [2.24, 2.45) is 5.92 Å². The van der Waals surface area contributed by atoms with Gasteiger partial charge in [0.15, 0.2) is 0 Å². The zero-order chi connectivity index (χ0) is 12.1. The third-order valence-corrected chi connectivity index (χ3v) is 4.01. The number of likely N-dealkylation sites (tertiary alicyclic amines) is 1. The Kier molecular flexibility index (Phi) is 4.80. The number of carbonyl (C=O) groups is 1. The summed E-state index contributed by atoms with van der Waals surface area (Å²) in [6, 6.07) is 0. The quantitative estimate of drug-likeness (QED) is 0.778. The fourth-order valence-electron chi connectivity index (χ4n) is 2.79. The lowest BCUT2D eigenvalue weighted by Gasteiger charge is -2.28. The molecule has 0 aromatic rings. The maximum absolute atomic E-state index is 12.2. The summed E-state index contributed by atoms with van der Waals surface area (Å²) in [6.45, 7) is 6.37. The number of amides is 1. The van der Waals surface area contributed by atoms with E-state index >= 15 is 0 Å². The monoisotopic (exact) mass is 239 g/mol. The molecule has 0 aromatic heterocycles. The van der Waals surface area contributed by atoms with E-state index in [2.05, 4.69) is 10.2 Å². The zero-order valence-corrected chi connectivity index (χ0v) is 11.0. The van der Waals surface area contributed by atoms with Crippen molar-refractivity contribution in [3.63, 3.8) is 0 Å². The Morgan fingerprint density at radius 1 is 1.29 bits per heavy atom. The van der Waals surface area contributed by atoms with E-state index in [0.29, 0.717) is 5.91 Å². The van der Waals surface area contributed by atoms with Crippen LogP contribution in [0.1, 0.15) is 25.7 Å². The minimum absolute atomic E-state index is 0.264. The van der Waals surface area contributed by atoms with Crippen LogP contribution in [0.15, 0.2) is 0 Å². The van der Waals surface area contributed by atoms with Gasteiger partial charge in [0.05, 0.1) is 0 Å². The van der Waals surface area contributed by atoms with Gasteiger partial charge in [0, 0.05) is 26.1 Å². The smallest absolute Gasteiger partial charge is 0.225 e. The number of nitrogens with zero attached hydrogens (tertiary/aromatic N) is 2. The highest BCUT2D eigenvalue weighted by Gasteiger charge is 2.24. The van der Waals surface area contributed by atoms with Gasteiger partial charge in [0.1, 0.15) is 0 Å². The topological polar surface area (TPSA) is 35.6 Å². The van der Waals surface area contributed by atoms with Crippen molar-refractivity contribution in [3.05, 3.63) is 0 Å². The van der Waals surface area contributed by atoms with E-state index in [1.807, 2.05) is 11.9 Å². The summed E-state index contributed by atoms with van der Waals surface area (Å²) in [7, 11) is 1.96. The van der Waals surface area contributed by atoms with Gasteiger partial charge < -0.3 is 15.1 Å². The number of likely N-dealkylation sites (N-methyl/N-ethyl adjacent to an activating group) is 1. The Labute approximate surface area is 104 Å². The summed E-state index contributed by atoms with van der Waals surface area (Å²) < 4.78 is 0. The van der Waals surface area contributed by atoms with Crippen molar-refractivity contribution in [2.45, 2.75) is 25.7 Å². The van der Waals surface area contributed by atoms with Crippen LogP contribution >= 0.6 is 0 Å². The average Bonchev–Trinajstić information content (AvgIpc) is 2.89. The van der Waals surface area contributed by atoms with Gasteiger partial charge in [-0.3, -0.25) is 4.79 Å². The molecule has 0 spiro atoms. The summed E-state index contributed by atoms with van der Waals surface area (Å²) in [5, 5.41) is 3.31. The van der Waals surface area contributed by atoms with Gasteiger partial charge in [-0.2, -0.15) is 0 Å². The van der Waals surface area contributed by atoms with Crippen molar-refractivity contribution < 1.29 is 4.79 Å². The van der Waals surface area contributed by atoms with Crippen LogP contribution in [-0.2, 0) is 4.79 Å². The van der Waals surface area contributed by atoms with Crippen LogP contribution in [0.4, 0.5) is 0 Å². The predicted molar refractivity (Wildman–Crippen MR) is 68.9 cm³/mol. The lowest BCUT2D eigenvalue weighted by Crippen LogP contribution is -2.41. The van der Waals surface area contributed by atoms with Gasteiger partial charge in [-0.05, 0) is 51.9 Å². The molecule has 2 saturated heterocycles. The van der Waals surface area contributed by atoms with E-state index in [1.165, 1.54) is 25.9 Å². The van der Waals surface area contributed by atoms with Gasteiger partial charge in [0.2, 0.25) is 5.91 Å². The van der Waals surface area contributed by atoms with Crippen molar-refractivity contribution >= 4 is 5.91 Å². The highest BCUT2D eigenvalue weighted by atomic mass is 16.2. The molecule has 2 heterocycles. The van der Waals surface area contributed by atoms with Gasteiger partial charge in [0.25, 0.3) is 0 Å². The molecule has 1 N–H and O–H groups in total. The average molecular weight is 239 g/mol. The molecule has 0 atom stereocenters. The normalized spacial score (nSPS) is 22.9. The van der Waals surface area contributed by atoms with Crippen molar-refractivity contribution in [1.29, 1.82) is 0 Å². The Morgan fingerprint density at radius 2 is 1.94 bits per heavy atom. The SMILES string of the molecule is CN(CCN1CCCC1)C(=O)C1CCNCC1. The van der Waals surface area contributed by atoms with Crippen LogP contribution < -0.4 is 5.32 Å². The predicted octanol–water partition coefficient (Wildman–Crippen LogP) is 0.540. The third kappa shape index (κ3) is 3.68. The molecule has 2 aliphatic rings. The minimum Gasteiger partial charge on any atom is -0.344 e. The van der Waals surface area contributed by atoms with Crippen LogP contribution in [0.2, 0.25) is 0 Å². The molecule has 2 aliphatic heterocycles. The van der Waals surface area contributed by atoms with E-state index in [1.54, 1.807) is 0 Å². The van der Waals surface area contributed by atoms with E-state index in [0.717, 1.165) is 39.0 Å². The maximum atomic E-state index is 12.2. The summed E-state index contributed by atoms with van der Waals surface area (Å²) in [5.41, 5.74) is 0. The van der Waals surface area contributed by atoms with Crippen LogP contribution in [0.3, 0.4) is 0 Å². The molecule has 0 aliphatic carbocycles. The lowest BCUT2D eigenvalue weighted by molar-refractivity contribution is -0.135. The molecule has 2 fully saturated rings. The molecule has 0 aromatic carbocycles. The van der Waals surface area contributed by atoms with Gasteiger partial charge >= 0.3 is 0 Å². The van der Waals surface area contributed by atoms with E-state index in [9.17, 15) is 4.79 Å². The summed E-state index contributed by atoms with van der Waals surface area (Å²) in [6.07, 6.45) is 4.66.